The Hall–Kier alpha value is -3.40. The normalized spacial score (nSPS) is 16.3. The van der Waals surface area contributed by atoms with Crippen LogP contribution in [0.5, 0.6) is 0 Å². The molecular formula is C28H27F6N3O. The minimum absolute atomic E-state index is 0.0985. The molecule has 1 aliphatic rings. The Morgan fingerprint density at radius 3 is 2.05 bits per heavy atom. The Morgan fingerprint density at radius 2 is 1.50 bits per heavy atom. The molecule has 2 heterocycles. The third kappa shape index (κ3) is 7.12. The molecule has 4 rings (SSSR count). The highest BCUT2D eigenvalue weighted by Crippen LogP contribution is 2.37. The molecule has 0 aliphatic carbocycles. The molecule has 2 aromatic carbocycles. The number of aromatic nitrogens is 1. The Labute approximate surface area is 216 Å². The maximum atomic E-state index is 13.4. The molecule has 1 atom stereocenters. The monoisotopic (exact) mass is 535 g/mol. The van der Waals surface area contributed by atoms with E-state index < -0.39 is 29.5 Å². The van der Waals surface area contributed by atoms with Gasteiger partial charge in [0.1, 0.15) is 5.82 Å². The number of halogens is 6. The SMILES string of the molecule is O=C(CCc1cc(C(F)(F)F)cc(C(F)(F)F)c1)C(c1ccccc1)N1CCC(Nc2ccccn2)CC1. The zero-order valence-corrected chi connectivity index (χ0v) is 20.4. The van der Waals surface area contributed by atoms with E-state index in [1.807, 2.05) is 41.3 Å². The van der Waals surface area contributed by atoms with Gasteiger partial charge in [0.15, 0.2) is 5.78 Å². The zero-order valence-electron chi connectivity index (χ0n) is 20.4. The zero-order chi connectivity index (χ0) is 27.3. The molecule has 202 valence electrons. The number of carbonyl (C=O) groups excluding carboxylic acids is 1. The summed E-state index contributed by atoms with van der Waals surface area (Å²) in [7, 11) is 0. The molecule has 0 bridgehead atoms. The van der Waals surface area contributed by atoms with Gasteiger partial charge in [-0.05, 0) is 60.7 Å². The fraction of sp³-hybridized carbons (Fsp3) is 0.357. The van der Waals surface area contributed by atoms with Crippen molar-refractivity contribution in [2.75, 3.05) is 18.4 Å². The Kier molecular flexibility index (Phi) is 8.40. The van der Waals surface area contributed by atoms with Crippen LogP contribution in [0.1, 0.15) is 47.6 Å². The second-order valence-electron chi connectivity index (χ2n) is 9.36. The average Bonchev–Trinajstić information content (AvgIpc) is 2.89. The minimum atomic E-state index is -4.93. The number of nitrogens with one attached hydrogen (secondary N) is 1. The van der Waals surface area contributed by atoms with Gasteiger partial charge in [0.05, 0.1) is 17.2 Å². The fourth-order valence-corrected chi connectivity index (χ4v) is 4.76. The summed E-state index contributed by atoms with van der Waals surface area (Å²) in [5, 5.41) is 3.38. The van der Waals surface area contributed by atoms with Crippen LogP contribution in [0.3, 0.4) is 0 Å². The van der Waals surface area contributed by atoms with E-state index in [1.165, 1.54) is 0 Å². The van der Waals surface area contributed by atoms with Crippen molar-refractivity contribution in [1.29, 1.82) is 0 Å². The van der Waals surface area contributed by atoms with Gasteiger partial charge in [-0.1, -0.05) is 36.4 Å². The lowest BCUT2D eigenvalue weighted by Crippen LogP contribution is -2.43. The number of hydrogen-bond acceptors (Lipinski definition) is 4. The van der Waals surface area contributed by atoms with E-state index in [1.54, 1.807) is 18.3 Å². The van der Waals surface area contributed by atoms with Crippen molar-refractivity contribution in [2.24, 2.45) is 0 Å². The smallest absolute Gasteiger partial charge is 0.367 e. The lowest BCUT2D eigenvalue weighted by molar-refractivity contribution is -0.143. The molecule has 0 amide bonds. The van der Waals surface area contributed by atoms with E-state index in [0.29, 0.717) is 25.2 Å². The minimum Gasteiger partial charge on any atom is -0.367 e. The van der Waals surface area contributed by atoms with Crippen molar-refractivity contribution >= 4 is 11.6 Å². The van der Waals surface area contributed by atoms with Crippen LogP contribution in [0, 0.1) is 0 Å². The Morgan fingerprint density at radius 1 is 0.895 bits per heavy atom. The summed E-state index contributed by atoms with van der Waals surface area (Å²) >= 11 is 0. The van der Waals surface area contributed by atoms with Gasteiger partial charge in [-0.15, -0.1) is 0 Å². The molecule has 1 unspecified atom stereocenters. The first-order chi connectivity index (χ1) is 18.0. The molecule has 0 saturated carbocycles. The van der Waals surface area contributed by atoms with Crippen molar-refractivity contribution < 1.29 is 31.1 Å². The molecule has 4 nitrogen and oxygen atoms in total. The summed E-state index contributed by atoms with van der Waals surface area (Å²) in [6.45, 7) is 1.19. The number of hydrogen-bond donors (Lipinski definition) is 1. The van der Waals surface area contributed by atoms with Crippen LogP contribution in [0.25, 0.3) is 0 Å². The number of piperidine rings is 1. The number of carbonyl (C=O) groups is 1. The first-order valence-corrected chi connectivity index (χ1v) is 12.3. The topological polar surface area (TPSA) is 45.2 Å². The number of nitrogens with zero attached hydrogens (tertiary/aromatic N) is 2. The van der Waals surface area contributed by atoms with Crippen LogP contribution < -0.4 is 5.32 Å². The summed E-state index contributed by atoms with van der Waals surface area (Å²) in [4.78, 5) is 19.7. The van der Waals surface area contributed by atoms with Gasteiger partial charge in [-0.25, -0.2) is 4.98 Å². The standard InChI is InChI=1S/C28H27F6N3O/c29-27(30,31)21-16-19(17-22(18-21)28(32,33)34)9-10-24(38)26(20-6-2-1-3-7-20)37-14-11-23(12-15-37)36-25-8-4-5-13-35-25/h1-8,13,16-18,23,26H,9-12,14-15H2,(H,35,36). The van der Waals surface area contributed by atoms with Crippen molar-refractivity contribution in [1.82, 2.24) is 9.88 Å². The van der Waals surface area contributed by atoms with E-state index >= 15 is 0 Å². The van der Waals surface area contributed by atoms with Crippen LogP contribution in [0.15, 0.2) is 72.9 Å². The van der Waals surface area contributed by atoms with Crippen LogP contribution >= 0.6 is 0 Å². The van der Waals surface area contributed by atoms with Gasteiger partial charge >= 0.3 is 12.4 Å². The molecule has 1 aromatic heterocycles. The van der Waals surface area contributed by atoms with Crippen molar-refractivity contribution in [3.63, 3.8) is 0 Å². The first-order valence-electron chi connectivity index (χ1n) is 12.3. The second kappa shape index (κ2) is 11.6. The van der Waals surface area contributed by atoms with E-state index in [0.717, 1.165) is 24.2 Å². The number of likely N-dealkylation sites (tertiary alicyclic amines) is 1. The van der Waals surface area contributed by atoms with Gasteiger partial charge in [-0.3, -0.25) is 9.69 Å². The number of aryl methyl sites for hydroxylation is 1. The largest absolute Gasteiger partial charge is 0.416 e. The molecule has 1 saturated heterocycles. The van der Waals surface area contributed by atoms with Gasteiger partial charge in [-0.2, -0.15) is 26.3 Å². The van der Waals surface area contributed by atoms with Crippen LogP contribution in [0.4, 0.5) is 32.2 Å². The Balaban J connectivity index is 1.48. The number of pyridine rings is 1. The van der Waals surface area contributed by atoms with E-state index in [9.17, 15) is 31.1 Å². The first kappa shape index (κ1) is 27.6. The van der Waals surface area contributed by atoms with Gasteiger partial charge in [0.2, 0.25) is 0 Å². The van der Waals surface area contributed by atoms with Gasteiger partial charge < -0.3 is 5.32 Å². The molecule has 3 aromatic rings. The number of alkyl halides is 6. The maximum absolute atomic E-state index is 13.4. The lowest BCUT2D eigenvalue weighted by atomic mass is 9.93. The highest BCUT2D eigenvalue weighted by molar-refractivity contribution is 5.85. The molecular weight excluding hydrogens is 508 g/mol. The van der Waals surface area contributed by atoms with E-state index in [4.69, 9.17) is 0 Å². The number of rotatable bonds is 8. The summed E-state index contributed by atoms with van der Waals surface area (Å²) in [5.74, 6) is 0.513. The highest BCUT2D eigenvalue weighted by atomic mass is 19.4. The van der Waals surface area contributed by atoms with Crippen LogP contribution in [-0.4, -0.2) is 34.8 Å². The molecule has 1 fully saturated rings. The van der Waals surface area contributed by atoms with Gasteiger partial charge in [0, 0.05) is 31.7 Å². The average molecular weight is 536 g/mol. The summed E-state index contributed by atoms with van der Waals surface area (Å²) in [6.07, 6.45) is -7.09. The quantitative estimate of drug-likeness (QED) is 0.318. The van der Waals surface area contributed by atoms with Gasteiger partial charge in [0.25, 0.3) is 0 Å². The van der Waals surface area contributed by atoms with E-state index in [-0.39, 0.29) is 36.3 Å². The van der Waals surface area contributed by atoms with Crippen molar-refractivity contribution in [2.45, 2.75) is 50.1 Å². The second-order valence-corrected chi connectivity index (χ2v) is 9.36. The molecule has 38 heavy (non-hydrogen) atoms. The fourth-order valence-electron chi connectivity index (χ4n) is 4.76. The predicted octanol–water partition coefficient (Wildman–Crippen LogP) is 6.94. The number of anilines is 1. The summed E-state index contributed by atoms with van der Waals surface area (Å²) < 4.78 is 79.5. The van der Waals surface area contributed by atoms with Crippen molar-refractivity contribution in [3.05, 3.63) is 95.2 Å². The summed E-state index contributed by atoms with van der Waals surface area (Å²) in [5.41, 5.74) is -2.19. The summed E-state index contributed by atoms with van der Waals surface area (Å²) in [6, 6.07) is 15.6. The number of Topliss-reactive ketones (excluding diaryl/α,β-unsaturated/α-hetero) is 1. The third-order valence-corrected chi connectivity index (χ3v) is 6.64. The Bertz CT molecular complexity index is 1170. The lowest BCUT2D eigenvalue weighted by Gasteiger charge is -2.37. The molecule has 1 aliphatic heterocycles. The predicted molar refractivity (Wildman–Crippen MR) is 131 cm³/mol. The highest BCUT2D eigenvalue weighted by Gasteiger charge is 2.37. The number of ketones is 1. The van der Waals surface area contributed by atoms with Crippen molar-refractivity contribution in [3.8, 4) is 0 Å². The molecule has 10 heteroatoms. The number of benzene rings is 2. The maximum Gasteiger partial charge on any atom is 0.416 e. The van der Waals surface area contributed by atoms with Crippen LogP contribution in [-0.2, 0) is 23.6 Å². The molecule has 0 spiro atoms. The molecule has 1 N–H and O–H groups in total. The van der Waals surface area contributed by atoms with Crippen LogP contribution in [0.2, 0.25) is 0 Å². The molecule has 0 radical (unpaired) electrons. The third-order valence-electron chi connectivity index (χ3n) is 6.64. The van der Waals surface area contributed by atoms with E-state index in [2.05, 4.69) is 10.3 Å².